The van der Waals surface area contributed by atoms with Crippen LogP contribution in [0.25, 0.3) is 0 Å². The molecule has 1 aliphatic carbocycles. The highest BCUT2D eigenvalue weighted by Crippen LogP contribution is 2.22. The number of hydrogen-bond donors (Lipinski definition) is 2. The number of nitrogens with one attached hydrogen (secondary N) is 1. The van der Waals surface area contributed by atoms with Gasteiger partial charge in [-0.2, -0.15) is 0 Å². The molecule has 6 nitrogen and oxygen atoms in total. The van der Waals surface area contributed by atoms with Crippen LogP contribution in [0.5, 0.6) is 0 Å². The molecule has 0 radical (unpaired) electrons. The molecule has 0 aromatic rings. The van der Waals surface area contributed by atoms with Crippen molar-refractivity contribution in [3.05, 3.63) is 0 Å². The van der Waals surface area contributed by atoms with Gasteiger partial charge in [-0.05, 0) is 25.2 Å². The predicted molar refractivity (Wildman–Crippen MR) is 71.4 cm³/mol. The Bertz CT molecular complexity index is 458. The summed E-state index contributed by atoms with van der Waals surface area (Å²) < 4.78 is 47.5. The van der Waals surface area contributed by atoms with Crippen LogP contribution in [-0.2, 0) is 19.9 Å². The van der Waals surface area contributed by atoms with Gasteiger partial charge in [-0.3, -0.25) is 0 Å². The zero-order chi connectivity index (χ0) is 13.8. The highest BCUT2D eigenvalue weighted by molar-refractivity contribution is 7.93. The summed E-state index contributed by atoms with van der Waals surface area (Å²) in [5, 5.41) is 0. The van der Waals surface area contributed by atoms with Gasteiger partial charge in [0.15, 0.2) is 0 Å². The van der Waals surface area contributed by atoms with E-state index in [4.69, 9.17) is 5.73 Å². The van der Waals surface area contributed by atoms with Crippen molar-refractivity contribution in [3.8, 4) is 0 Å². The van der Waals surface area contributed by atoms with E-state index in [9.17, 15) is 16.8 Å². The first-order valence-electron chi connectivity index (χ1n) is 6.08. The van der Waals surface area contributed by atoms with Crippen molar-refractivity contribution in [1.82, 2.24) is 4.72 Å². The van der Waals surface area contributed by atoms with Gasteiger partial charge in [-0.15, -0.1) is 0 Å². The average Bonchev–Trinajstić information content (AvgIpc) is 2.24. The third-order valence-corrected chi connectivity index (χ3v) is 5.69. The van der Waals surface area contributed by atoms with Crippen LogP contribution in [0.1, 0.15) is 25.7 Å². The summed E-state index contributed by atoms with van der Waals surface area (Å²) in [6.07, 6.45) is 4.85. The third kappa shape index (κ3) is 6.67. The van der Waals surface area contributed by atoms with E-state index in [2.05, 4.69) is 4.72 Å². The maximum Gasteiger partial charge on any atom is 0.212 e. The molecule has 0 aliphatic heterocycles. The molecule has 1 saturated carbocycles. The second-order valence-electron chi connectivity index (χ2n) is 5.09. The molecule has 0 amide bonds. The SMILES string of the molecule is CS(=O)(=O)CCS(=O)(=O)NCC1CCCC(N)C1. The van der Waals surface area contributed by atoms with Crippen molar-refractivity contribution in [2.75, 3.05) is 24.3 Å². The van der Waals surface area contributed by atoms with Gasteiger partial charge in [0.05, 0.1) is 11.5 Å². The highest BCUT2D eigenvalue weighted by atomic mass is 32.2. The Balaban J connectivity index is 2.37. The first kappa shape index (κ1) is 15.9. The Morgan fingerprint density at radius 1 is 1.17 bits per heavy atom. The summed E-state index contributed by atoms with van der Waals surface area (Å²) in [7, 11) is -6.75. The van der Waals surface area contributed by atoms with Crippen LogP contribution in [0, 0.1) is 5.92 Å². The zero-order valence-corrected chi connectivity index (χ0v) is 12.3. The number of sulfone groups is 1. The Kier molecular flexibility index (Phi) is 5.57. The van der Waals surface area contributed by atoms with Gasteiger partial charge >= 0.3 is 0 Å². The minimum Gasteiger partial charge on any atom is -0.328 e. The molecule has 2 atom stereocenters. The van der Waals surface area contributed by atoms with Gasteiger partial charge < -0.3 is 5.73 Å². The van der Waals surface area contributed by atoms with E-state index in [1.54, 1.807) is 0 Å². The van der Waals surface area contributed by atoms with Crippen molar-refractivity contribution in [2.24, 2.45) is 11.7 Å². The molecule has 18 heavy (non-hydrogen) atoms. The van der Waals surface area contributed by atoms with Crippen LogP contribution in [-0.4, -0.2) is 47.2 Å². The minimum atomic E-state index is -3.50. The molecule has 8 heteroatoms. The van der Waals surface area contributed by atoms with E-state index in [0.717, 1.165) is 31.9 Å². The maximum atomic E-state index is 11.6. The third-order valence-electron chi connectivity index (χ3n) is 3.14. The van der Waals surface area contributed by atoms with Crippen molar-refractivity contribution >= 4 is 19.9 Å². The van der Waals surface area contributed by atoms with E-state index in [0.29, 0.717) is 6.54 Å². The second-order valence-corrected chi connectivity index (χ2v) is 9.28. The maximum absolute atomic E-state index is 11.6. The van der Waals surface area contributed by atoms with Crippen molar-refractivity contribution in [1.29, 1.82) is 0 Å². The van der Waals surface area contributed by atoms with E-state index in [1.165, 1.54) is 0 Å². The fourth-order valence-corrected chi connectivity index (χ4v) is 4.82. The topological polar surface area (TPSA) is 106 Å². The Hall–Kier alpha value is -0.180. The number of hydrogen-bond acceptors (Lipinski definition) is 5. The molecule has 2 unspecified atom stereocenters. The predicted octanol–water partition coefficient (Wildman–Crippen LogP) is -0.532. The molecule has 0 heterocycles. The number of rotatable bonds is 6. The molecule has 1 aliphatic rings. The summed E-state index contributed by atoms with van der Waals surface area (Å²) in [4.78, 5) is 0. The lowest BCUT2D eigenvalue weighted by atomic mass is 9.86. The fraction of sp³-hybridized carbons (Fsp3) is 1.00. The molecule has 0 aromatic heterocycles. The van der Waals surface area contributed by atoms with Gasteiger partial charge in [0.2, 0.25) is 10.0 Å². The fourth-order valence-electron chi connectivity index (χ4n) is 2.10. The van der Waals surface area contributed by atoms with Gasteiger partial charge in [0.1, 0.15) is 9.84 Å². The van der Waals surface area contributed by atoms with Crippen molar-refractivity contribution in [3.63, 3.8) is 0 Å². The quantitative estimate of drug-likeness (QED) is 0.685. The molecular formula is C10H22N2O4S2. The normalized spacial score (nSPS) is 26.1. The second kappa shape index (κ2) is 6.31. The van der Waals surface area contributed by atoms with Crippen LogP contribution in [0.2, 0.25) is 0 Å². The van der Waals surface area contributed by atoms with E-state index < -0.39 is 19.9 Å². The van der Waals surface area contributed by atoms with E-state index in [1.807, 2.05) is 0 Å². The largest absolute Gasteiger partial charge is 0.328 e. The molecule has 3 N–H and O–H groups in total. The molecule has 108 valence electrons. The van der Waals surface area contributed by atoms with Crippen LogP contribution < -0.4 is 10.5 Å². The van der Waals surface area contributed by atoms with Crippen LogP contribution in [0.3, 0.4) is 0 Å². The monoisotopic (exact) mass is 298 g/mol. The highest BCUT2D eigenvalue weighted by Gasteiger charge is 2.21. The molecule has 1 fully saturated rings. The standard InChI is InChI=1S/C10H22N2O4S2/c1-17(13,14)5-6-18(15,16)12-8-9-3-2-4-10(11)7-9/h9-10,12H,2-8,11H2,1H3. The lowest BCUT2D eigenvalue weighted by Crippen LogP contribution is -2.37. The summed E-state index contributed by atoms with van der Waals surface area (Å²) in [5.74, 6) is -0.446. The molecule has 0 bridgehead atoms. The molecular weight excluding hydrogens is 276 g/mol. The lowest BCUT2D eigenvalue weighted by molar-refractivity contribution is 0.322. The molecule has 1 rings (SSSR count). The van der Waals surface area contributed by atoms with Crippen LogP contribution in [0.4, 0.5) is 0 Å². The first-order valence-corrected chi connectivity index (χ1v) is 9.80. The van der Waals surface area contributed by atoms with E-state index >= 15 is 0 Å². The Morgan fingerprint density at radius 3 is 2.39 bits per heavy atom. The Morgan fingerprint density at radius 2 is 1.83 bits per heavy atom. The van der Waals surface area contributed by atoms with Gasteiger partial charge in [-0.1, -0.05) is 6.42 Å². The summed E-state index contributed by atoms with van der Waals surface area (Å²) in [6, 6.07) is 0.157. The number of sulfonamides is 1. The molecule has 0 aromatic carbocycles. The number of nitrogens with two attached hydrogens (primary N) is 1. The Labute approximate surface area is 109 Å². The molecule has 0 saturated heterocycles. The smallest absolute Gasteiger partial charge is 0.212 e. The first-order chi connectivity index (χ1) is 8.18. The summed E-state index contributed by atoms with van der Waals surface area (Å²) >= 11 is 0. The van der Waals surface area contributed by atoms with Crippen molar-refractivity contribution in [2.45, 2.75) is 31.7 Å². The summed E-state index contributed by atoms with van der Waals surface area (Å²) in [6.45, 7) is 0.361. The average molecular weight is 298 g/mol. The summed E-state index contributed by atoms with van der Waals surface area (Å²) in [5.41, 5.74) is 5.82. The van der Waals surface area contributed by atoms with E-state index in [-0.39, 0.29) is 23.5 Å². The zero-order valence-electron chi connectivity index (χ0n) is 10.6. The van der Waals surface area contributed by atoms with Gasteiger partial charge in [0.25, 0.3) is 0 Å². The van der Waals surface area contributed by atoms with Gasteiger partial charge in [0, 0.05) is 18.8 Å². The van der Waals surface area contributed by atoms with Gasteiger partial charge in [-0.25, -0.2) is 21.6 Å². The van der Waals surface area contributed by atoms with Crippen LogP contribution in [0.15, 0.2) is 0 Å². The van der Waals surface area contributed by atoms with Crippen molar-refractivity contribution < 1.29 is 16.8 Å². The lowest BCUT2D eigenvalue weighted by Gasteiger charge is -2.26. The van der Waals surface area contributed by atoms with Crippen LogP contribution >= 0.6 is 0 Å². The minimum absolute atomic E-state index is 0.157. The molecule has 0 spiro atoms.